The fraction of sp³-hybridized carbons (Fsp3) is 0.227. The van der Waals surface area contributed by atoms with E-state index in [1.165, 1.54) is 12.5 Å². The number of aromatic nitrogens is 2. The molecular weight excluding hydrogens is 457 g/mol. The lowest BCUT2D eigenvalue weighted by molar-refractivity contribution is 0.0712. The number of carbonyl (C=O) groups is 1. The molecule has 1 amide bonds. The third-order valence-electron chi connectivity index (χ3n) is 5.40. The molecule has 1 aliphatic heterocycles. The highest BCUT2D eigenvalue weighted by Gasteiger charge is 2.27. The Morgan fingerprint density at radius 1 is 1.10 bits per heavy atom. The van der Waals surface area contributed by atoms with Crippen molar-refractivity contribution >= 4 is 40.4 Å². The van der Waals surface area contributed by atoms with E-state index >= 15 is 0 Å². The van der Waals surface area contributed by atoms with Crippen LogP contribution in [0, 0.1) is 0 Å². The number of benzene rings is 1. The molecule has 0 atom stereocenters. The molecule has 4 heterocycles. The van der Waals surface area contributed by atoms with Gasteiger partial charge in [0.25, 0.3) is 5.91 Å². The Morgan fingerprint density at radius 2 is 1.94 bits per heavy atom. The summed E-state index contributed by atoms with van der Waals surface area (Å²) < 4.78 is 10.5. The number of piperidine rings is 1. The lowest BCUT2D eigenvalue weighted by atomic mass is 9.97. The Balaban J connectivity index is 1.26. The summed E-state index contributed by atoms with van der Waals surface area (Å²) in [5.74, 6) is 0.948. The molecule has 0 saturated carbocycles. The zero-order valence-electron chi connectivity index (χ0n) is 16.3. The molecule has 1 saturated heterocycles. The van der Waals surface area contributed by atoms with Crippen LogP contribution in [0.15, 0.2) is 57.2 Å². The zero-order chi connectivity index (χ0) is 21.4. The summed E-state index contributed by atoms with van der Waals surface area (Å²) in [5.41, 5.74) is 2.86. The van der Waals surface area contributed by atoms with Crippen molar-refractivity contribution in [3.05, 3.63) is 68.9 Å². The van der Waals surface area contributed by atoms with Crippen LogP contribution in [0.3, 0.4) is 0 Å². The van der Waals surface area contributed by atoms with Crippen LogP contribution in [-0.4, -0.2) is 34.0 Å². The van der Waals surface area contributed by atoms with E-state index in [-0.39, 0.29) is 5.91 Å². The molecule has 1 aromatic carbocycles. The number of rotatable bonds is 4. The maximum atomic E-state index is 12.5. The van der Waals surface area contributed by atoms with Crippen molar-refractivity contribution in [3.63, 3.8) is 0 Å². The summed E-state index contributed by atoms with van der Waals surface area (Å²) in [7, 11) is 0. The molecule has 1 aliphatic rings. The molecule has 158 valence electrons. The Bertz CT molecular complexity index is 1210. The van der Waals surface area contributed by atoms with Gasteiger partial charge in [-0.2, -0.15) is 0 Å². The topological polar surface area (TPSA) is 72.4 Å². The van der Waals surface area contributed by atoms with Crippen molar-refractivity contribution < 1.29 is 13.7 Å². The molecule has 9 heteroatoms. The number of likely N-dealkylation sites (tertiary alicyclic amines) is 1. The van der Waals surface area contributed by atoms with E-state index < -0.39 is 0 Å². The molecule has 0 unspecified atom stereocenters. The molecule has 1 fully saturated rings. The highest BCUT2D eigenvalue weighted by molar-refractivity contribution is 7.10. The van der Waals surface area contributed by atoms with E-state index in [0.29, 0.717) is 46.1 Å². The first-order chi connectivity index (χ1) is 15.1. The van der Waals surface area contributed by atoms with Gasteiger partial charge in [-0.1, -0.05) is 34.4 Å². The summed E-state index contributed by atoms with van der Waals surface area (Å²) >= 11 is 13.7. The average molecular weight is 474 g/mol. The third-order valence-corrected chi connectivity index (χ3v) is 7.15. The Labute approximate surface area is 192 Å². The molecule has 0 bridgehead atoms. The van der Waals surface area contributed by atoms with Crippen molar-refractivity contribution in [2.75, 3.05) is 13.1 Å². The predicted molar refractivity (Wildman–Crippen MR) is 120 cm³/mol. The molecule has 0 aliphatic carbocycles. The van der Waals surface area contributed by atoms with Gasteiger partial charge < -0.3 is 13.8 Å². The summed E-state index contributed by atoms with van der Waals surface area (Å²) in [5, 5.41) is 8.15. The predicted octanol–water partition coefficient (Wildman–Crippen LogP) is 6.38. The van der Waals surface area contributed by atoms with Crippen molar-refractivity contribution in [3.8, 4) is 22.7 Å². The first-order valence-corrected chi connectivity index (χ1v) is 11.4. The number of carbonyl (C=O) groups excluding carboxylic acids is 1. The molecular formula is C22H17Cl2N3O3S. The van der Waals surface area contributed by atoms with Crippen molar-refractivity contribution in [1.29, 1.82) is 0 Å². The van der Waals surface area contributed by atoms with Gasteiger partial charge in [-0.05, 0) is 31.0 Å². The van der Waals surface area contributed by atoms with Gasteiger partial charge >= 0.3 is 0 Å². The molecule has 0 radical (unpaired) electrons. The van der Waals surface area contributed by atoms with Gasteiger partial charge in [-0.3, -0.25) is 4.79 Å². The minimum absolute atomic E-state index is 0.0171. The van der Waals surface area contributed by atoms with E-state index in [1.54, 1.807) is 29.5 Å². The second kappa shape index (κ2) is 8.49. The number of furan rings is 1. The number of halogens is 2. The first kappa shape index (κ1) is 20.3. The third kappa shape index (κ3) is 4.13. The maximum Gasteiger partial charge on any atom is 0.257 e. The van der Waals surface area contributed by atoms with Crippen molar-refractivity contribution in [2.45, 2.75) is 18.8 Å². The largest absolute Gasteiger partial charge is 0.472 e. The molecule has 0 N–H and O–H groups in total. The van der Waals surface area contributed by atoms with Crippen LogP contribution in [0.2, 0.25) is 10.0 Å². The Kier molecular flexibility index (Phi) is 5.56. The number of nitrogens with zero attached hydrogens (tertiary/aromatic N) is 3. The van der Waals surface area contributed by atoms with Crippen LogP contribution in [-0.2, 0) is 0 Å². The summed E-state index contributed by atoms with van der Waals surface area (Å²) in [4.78, 5) is 19.1. The minimum Gasteiger partial charge on any atom is -0.472 e. The van der Waals surface area contributed by atoms with Gasteiger partial charge in [0, 0.05) is 36.0 Å². The second-order valence-electron chi connectivity index (χ2n) is 7.35. The molecule has 6 nitrogen and oxygen atoms in total. The highest BCUT2D eigenvalue weighted by Crippen LogP contribution is 2.35. The SMILES string of the molecule is O=C(c1ccoc1)N1CCC(c2nc(-c3cc(-c4ccc(Cl)c(Cl)c4)no3)cs2)CC1. The van der Waals surface area contributed by atoms with Gasteiger partial charge in [0.1, 0.15) is 17.7 Å². The molecule has 31 heavy (non-hydrogen) atoms. The molecule has 4 aromatic rings. The number of amides is 1. The van der Waals surface area contributed by atoms with Crippen LogP contribution in [0.1, 0.15) is 34.1 Å². The lowest BCUT2D eigenvalue weighted by Crippen LogP contribution is -2.37. The standard InChI is InChI=1S/C22H17Cl2N3O3S/c23-16-2-1-14(9-17(16)24)18-10-20(30-26-18)19-12-31-21(25-19)13-3-6-27(7-4-13)22(28)15-5-8-29-11-15/h1-2,5,8-13H,3-4,6-7H2. The Morgan fingerprint density at radius 3 is 2.68 bits per heavy atom. The minimum atomic E-state index is 0.0171. The van der Waals surface area contributed by atoms with Gasteiger partial charge in [0.2, 0.25) is 0 Å². The zero-order valence-corrected chi connectivity index (χ0v) is 18.6. The van der Waals surface area contributed by atoms with E-state index in [1.807, 2.05) is 22.4 Å². The quantitative estimate of drug-likeness (QED) is 0.343. The summed E-state index contributed by atoms with van der Waals surface area (Å²) in [6.07, 6.45) is 4.77. The molecule has 0 spiro atoms. The van der Waals surface area contributed by atoms with Crippen molar-refractivity contribution in [2.24, 2.45) is 0 Å². The van der Waals surface area contributed by atoms with E-state index in [9.17, 15) is 4.79 Å². The van der Waals surface area contributed by atoms with Crippen LogP contribution in [0.4, 0.5) is 0 Å². The average Bonchev–Trinajstić information content (AvgIpc) is 3.56. The van der Waals surface area contributed by atoms with Crippen molar-refractivity contribution in [1.82, 2.24) is 15.0 Å². The van der Waals surface area contributed by atoms with Crippen LogP contribution < -0.4 is 0 Å². The fourth-order valence-electron chi connectivity index (χ4n) is 3.67. The monoisotopic (exact) mass is 473 g/mol. The summed E-state index contributed by atoms with van der Waals surface area (Å²) in [6.45, 7) is 1.40. The van der Waals surface area contributed by atoms with Gasteiger partial charge in [-0.25, -0.2) is 4.98 Å². The summed E-state index contributed by atoms with van der Waals surface area (Å²) in [6, 6.07) is 8.89. The van der Waals surface area contributed by atoms with Gasteiger partial charge in [-0.15, -0.1) is 11.3 Å². The van der Waals surface area contributed by atoms with Gasteiger partial charge in [0.15, 0.2) is 5.76 Å². The molecule has 3 aromatic heterocycles. The Hall–Kier alpha value is -2.61. The second-order valence-corrected chi connectivity index (χ2v) is 9.06. The normalized spacial score (nSPS) is 14.8. The number of thiazole rings is 1. The maximum absolute atomic E-state index is 12.5. The fourth-order valence-corrected chi connectivity index (χ4v) is 4.95. The number of hydrogen-bond acceptors (Lipinski definition) is 6. The van der Waals surface area contributed by atoms with E-state index in [4.69, 9.17) is 37.1 Å². The first-order valence-electron chi connectivity index (χ1n) is 9.78. The van der Waals surface area contributed by atoms with Crippen LogP contribution in [0.5, 0.6) is 0 Å². The lowest BCUT2D eigenvalue weighted by Gasteiger charge is -2.30. The van der Waals surface area contributed by atoms with Crippen LogP contribution >= 0.6 is 34.5 Å². The van der Waals surface area contributed by atoms with E-state index in [0.717, 1.165) is 29.1 Å². The number of hydrogen-bond donors (Lipinski definition) is 0. The molecule has 5 rings (SSSR count). The van der Waals surface area contributed by atoms with Gasteiger partial charge in [0.05, 0.1) is 26.9 Å². The van der Waals surface area contributed by atoms with E-state index in [2.05, 4.69) is 5.16 Å². The van der Waals surface area contributed by atoms with Crippen LogP contribution in [0.25, 0.3) is 22.7 Å². The smallest absolute Gasteiger partial charge is 0.257 e. The highest BCUT2D eigenvalue weighted by atomic mass is 35.5.